The Morgan fingerprint density at radius 2 is 1.83 bits per heavy atom. The van der Waals surface area contributed by atoms with Crippen LogP contribution >= 0.6 is 0 Å². The third kappa shape index (κ3) is 1.96. The highest BCUT2D eigenvalue weighted by Crippen LogP contribution is 2.14. The Kier molecular flexibility index (Phi) is 3.06. The monoisotopic (exact) mass is 173 g/mol. The average Bonchev–Trinajstić information content (AvgIpc) is 2.53. The number of alkyl halides is 1. The van der Waals surface area contributed by atoms with Gasteiger partial charge in [0.1, 0.15) is 0 Å². The highest BCUT2D eigenvalue weighted by molar-refractivity contribution is 5.81. The van der Waals surface area contributed by atoms with Gasteiger partial charge in [0.2, 0.25) is 0 Å². The number of halogens is 1. The van der Waals surface area contributed by atoms with Crippen molar-refractivity contribution >= 4 is 5.91 Å². The molecule has 1 aliphatic heterocycles. The van der Waals surface area contributed by atoms with Crippen LogP contribution < -0.4 is 0 Å². The number of amides is 1. The average molecular weight is 173 g/mol. The van der Waals surface area contributed by atoms with Gasteiger partial charge in [-0.1, -0.05) is 13.8 Å². The van der Waals surface area contributed by atoms with Gasteiger partial charge in [0.25, 0.3) is 5.91 Å². The minimum absolute atomic E-state index is 0.196. The van der Waals surface area contributed by atoms with E-state index in [2.05, 4.69) is 0 Å². The third-order valence-electron chi connectivity index (χ3n) is 2.24. The number of rotatable bonds is 2. The van der Waals surface area contributed by atoms with Crippen LogP contribution in [-0.2, 0) is 4.79 Å². The van der Waals surface area contributed by atoms with Crippen molar-refractivity contribution in [3.8, 4) is 0 Å². The molecule has 3 heteroatoms. The zero-order chi connectivity index (χ0) is 9.14. The summed E-state index contributed by atoms with van der Waals surface area (Å²) in [4.78, 5) is 13.0. The number of likely N-dealkylation sites (tertiary alicyclic amines) is 1. The van der Waals surface area contributed by atoms with Crippen LogP contribution in [0.25, 0.3) is 0 Å². The Morgan fingerprint density at radius 1 is 1.33 bits per heavy atom. The maximum absolute atomic E-state index is 13.2. The molecule has 0 saturated carbocycles. The molecule has 2 nitrogen and oxygen atoms in total. The van der Waals surface area contributed by atoms with Crippen LogP contribution in [0.2, 0.25) is 0 Å². The van der Waals surface area contributed by atoms with Crippen LogP contribution in [0.4, 0.5) is 4.39 Å². The minimum atomic E-state index is -1.30. The van der Waals surface area contributed by atoms with E-state index in [9.17, 15) is 9.18 Å². The van der Waals surface area contributed by atoms with Gasteiger partial charge in [-0.05, 0) is 18.8 Å². The van der Waals surface area contributed by atoms with Gasteiger partial charge < -0.3 is 4.90 Å². The molecule has 1 amide bonds. The van der Waals surface area contributed by atoms with Gasteiger partial charge in [0, 0.05) is 13.1 Å². The molecule has 0 aromatic carbocycles. The van der Waals surface area contributed by atoms with Gasteiger partial charge in [0.05, 0.1) is 0 Å². The van der Waals surface area contributed by atoms with Gasteiger partial charge in [-0.3, -0.25) is 4.79 Å². The van der Waals surface area contributed by atoms with Crippen molar-refractivity contribution in [2.24, 2.45) is 5.92 Å². The van der Waals surface area contributed by atoms with E-state index in [1.165, 1.54) is 0 Å². The fourth-order valence-electron chi connectivity index (χ4n) is 1.40. The fourth-order valence-corrected chi connectivity index (χ4v) is 1.40. The highest BCUT2D eigenvalue weighted by atomic mass is 19.1. The van der Waals surface area contributed by atoms with Crippen molar-refractivity contribution in [2.45, 2.75) is 32.9 Å². The normalized spacial score (nSPS) is 20.2. The molecule has 1 atom stereocenters. The first kappa shape index (κ1) is 9.49. The second kappa shape index (κ2) is 3.87. The summed E-state index contributed by atoms with van der Waals surface area (Å²) in [5.74, 6) is -0.513. The molecule has 0 aromatic rings. The Balaban J connectivity index is 2.45. The quantitative estimate of drug-likeness (QED) is 0.621. The topological polar surface area (TPSA) is 20.3 Å². The standard InChI is InChI=1S/C9H16FNO/c1-7(2)8(10)9(12)11-5-3-4-6-11/h7-8H,3-6H2,1-2H3. The number of hydrogen-bond acceptors (Lipinski definition) is 1. The Hall–Kier alpha value is -0.600. The lowest BCUT2D eigenvalue weighted by atomic mass is 10.1. The number of carbonyl (C=O) groups is 1. The summed E-state index contributed by atoms with van der Waals surface area (Å²) in [6, 6.07) is 0. The van der Waals surface area contributed by atoms with Crippen LogP contribution in [0.5, 0.6) is 0 Å². The predicted molar refractivity (Wildman–Crippen MR) is 45.5 cm³/mol. The van der Waals surface area contributed by atoms with E-state index in [0.717, 1.165) is 25.9 Å². The summed E-state index contributed by atoms with van der Waals surface area (Å²) >= 11 is 0. The molecule has 0 bridgehead atoms. The molecule has 1 rings (SSSR count). The second-order valence-electron chi connectivity index (χ2n) is 3.68. The molecule has 0 spiro atoms. The maximum Gasteiger partial charge on any atom is 0.257 e. The van der Waals surface area contributed by atoms with Gasteiger partial charge in [-0.15, -0.1) is 0 Å². The minimum Gasteiger partial charge on any atom is -0.340 e. The molecule has 12 heavy (non-hydrogen) atoms. The van der Waals surface area contributed by atoms with Gasteiger partial charge >= 0.3 is 0 Å². The van der Waals surface area contributed by atoms with Crippen molar-refractivity contribution in [3.05, 3.63) is 0 Å². The molecule has 0 radical (unpaired) electrons. The lowest BCUT2D eigenvalue weighted by molar-refractivity contribution is -0.136. The van der Waals surface area contributed by atoms with Crippen molar-refractivity contribution < 1.29 is 9.18 Å². The zero-order valence-corrected chi connectivity index (χ0v) is 7.72. The summed E-state index contributed by atoms with van der Waals surface area (Å²) < 4.78 is 13.2. The van der Waals surface area contributed by atoms with E-state index in [4.69, 9.17) is 0 Å². The first-order valence-corrected chi connectivity index (χ1v) is 4.56. The fraction of sp³-hybridized carbons (Fsp3) is 0.889. The maximum atomic E-state index is 13.2. The van der Waals surface area contributed by atoms with Gasteiger partial charge in [-0.2, -0.15) is 0 Å². The number of carbonyl (C=O) groups excluding carboxylic acids is 1. The summed E-state index contributed by atoms with van der Waals surface area (Å²) in [5.41, 5.74) is 0. The van der Waals surface area contributed by atoms with E-state index < -0.39 is 6.17 Å². The van der Waals surface area contributed by atoms with Crippen LogP contribution in [0.15, 0.2) is 0 Å². The van der Waals surface area contributed by atoms with Crippen molar-refractivity contribution in [1.29, 1.82) is 0 Å². The lowest BCUT2D eigenvalue weighted by Gasteiger charge is -2.19. The molecular weight excluding hydrogens is 157 g/mol. The zero-order valence-electron chi connectivity index (χ0n) is 7.72. The van der Waals surface area contributed by atoms with Crippen molar-refractivity contribution in [3.63, 3.8) is 0 Å². The first-order chi connectivity index (χ1) is 5.63. The summed E-state index contributed by atoms with van der Waals surface area (Å²) in [6.07, 6.45) is 0.746. The SMILES string of the molecule is CC(C)C(F)C(=O)N1CCCC1. The van der Waals surface area contributed by atoms with Crippen LogP contribution in [0, 0.1) is 5.92 Å². The molecule has 0 aliphatic carbocycles. The number of hydrogen-bond donors (Lipinski definition) is 0. The number of nitrogens with zero attached hydrogens (tertiary/aromatic N) is 1. The van der Waals surface area contributed by atoms with E-state index >= 15 is 0 Å². The van der Waals surface area contributed by atoms with Crippen LogP contribution in [0.1, 0.15) is 26.7 Å². The molecule has 1 saturated heterocycles. The van der Waals surface area contributed by atoms with Crippen LogP contribution in [-0.4, -0.2) is 30.1 Å². The second-order valence-corrected chi connectivity index (χ2v) is 3.68. The molecule has 1 unspecified atom stereocenters. The molecular formula is C9H16FNO. The van der Waals surface area contributed by atoms with Crippen LogP contribution in [0.3, 0.4) is 0 Å². The molecule has 0 N–H and O–H groups in total. The van der Waals surface area contributed by atoms with E-state index in [1.54, 1.807) is 18.7 Å². The summed E-state index contributed by atoms with van der Waals surface area (Å²) in [6.45, 7) is 4.95. The molecule has 1 fully saturated rings. The van der Waals surface area contributed by atoms with E-state index in [1.807, 2.05) is 0 Å². The molecule has 1 aliphatic rings. The summed E-state index contributed by atoms with van der Waals surface area (Å²) in [5, 5.41) is 0. The van der Waals surface area contributed by atoms with Gasteiger partial charge in [0.15, 0.2) is 6.17 Å². The highest BCUT2D eigenvalue weighted by Gasteiger charge is 2.27. The largest absolute Gasteiger partial charge is 0.340 e. The lowest BCUT2D eigenvalue weighted by Crippen LogP contribution is -2.37. The predicted octanol–water partition coefficient (Wildman–Crippen LogP) is 1.60. The Labute approximate surface area is 72.7 Å². The Morgan fingerprint density at radius 3 is 2.25 bits per heavy atom. The van der Waals surface area contributed by atoms with E-state index in [0.29, 0.717) is 0 Å². The molecule has 0 aromatic heterocycles. The van der Waals surface area contributed by atoms with Crippen molar-refractivity contribution in [1.82, 2.24) is 4.90 Å². The third-order valence-corrected chi connectivity index (χ3v) is 2.24. The summed E-state index contributed by atoms with van der Waals surface area (Å²) in [7, 11) is 0. The molecule has 70 valence electrons. The van der Waals surface area contributed by atoms with Crippen molar-refractivity contribution in [2.75, 3.05) is 13.1 Å². The first-order valence-electron chi connectivity index (χ1n) is 4.56. The van der Waals surface area contributed by atoms with Gasteiger partial charge in [-0.25, -0.2) is 4.39 Å². The smallest absolute Gasteiger partial charge is 0.257 e. The molecule has 1 heterocycles. The Bertz CT molecular complexity index is 160. The van der Waals surface area contributed by atoms with E-state index in [-0.39, 0.29) is 11.8 Å².